The molecule has 1 N–H and O–H groups in total. The number of benzene rings is 1. The number of aryl methyl sites for hydroxylation is 3. The number of thiazole rings is 1. The van der Waals surface area contributed by atoms with Crippen LogP contribution in [0.1, 0.15) is 29.5 Å². The molecular formula is C19H25N3O3S2. The summed E-state index contributed by atoms with van der Waals surface area (Å²) in [5, 5.41) is 5.45. The Morgan fingerprint density at radius 2 is 1.78 bits per heavy atom. The predicted molar refractivity (Wildman–Crippen MR) is 110 cm³/mol. The second-order valence-electron chi connectivity index (χ2n) is 7.24. The van der Waals surface area contributed by atoms with Crippen molar-refractivity contribution in [3.63, 3.8) is 0 Å². The molecule has 8 heteroatoms. The number of anilines is 1. The fraction of sp³-hybridized carbons (Fsp3) is 0.474. The van der Waals surface area contributed by atoms with Gasteiger partial charge in [-0.1, -0.05) is 17.7 Å². The fourth-order valence-electron chi connectivity index (χ4n) is 3.69. The van der Waals surface area contributed by atoms with Gasteiger partial charge in [0.05, 0.1) is 11.9 Å². The van der Waals surface area contributed by atoms with E-state index in [1.165, 1.54) is 38.6 Å². The zero-order valence-corrected chi connectivity index (χ0v) is 17.7. The number of nitrogens with one attached hydrogen (secondary N) is 1. The van der Waals surface area contributed by atoms with Crippen LogP contribution in [0.5, 0.6) is 0 Å². The number of carbonyl (C=O) groups is 1. The SMILES string of the molecule is Cc1cc(C)c(-c2csc(NC(=O)C3CCN(S(C)(=O)=O)CC3)n2)c(C)c1. The highest BCUT2D eigenvalue weighted by Gasteiger charge is 2.29. The van der Waals surface area contributed by atoms with Crippen LogP contribution in [0, 0.1) is 26.7 Å². The summed E-state index contributed by atoms with van der Waals surface area (Å²) in [6.45, 7) is 7.00. The number of aromatic nitrogens is 1. The minimum Gasteiger partial charge on any atom is -0.302 e. The first kappa shape index (κ1) is 20.0. The highest BCUT2D eigenvalue weighted by atomic mass is 32.2. The van der Waals surface area contributed by atoms with Gasteiger partial charge in [-0.15, -0.1) is 11.3 Å². The molecule has 0 saturated carbocycles. The van der Waals surface area contributed by atoms with Crippen molar-refractivity contribution in [3.05, 3.63) is 34.2 Å². The van der Waals surface area contributed by atoms with Crippen LogP contribution < -0.4 is 5.32 Å². The number of piperidine rings is 1. The first-order valence-corrected chi connectivity index (χ1v) is 11.7. The minimum absolute atomic E-state index is 0.0820. The second-order valence-corrected chi connectivity index (χ2v) is 10.1. The van der Waals surface area contributed by atoms with Gasteiger partial charge in [0.15, 0.2) is 5.13 Å². The van der Waals surface area contributed by atoms with Crippen molar-refractivity contribution in [1.29, 1.82) is 0 Å². The van der Waals surface area contributed by atoms with Crippen LogP contribution in [0.25, 0.3) is 11.3 Å². The molecule has 0 spiro atoms. The third kappa shape index (κ3) is 4.56. The molecule has 0 radical (unpaired) electrons. The highest BCUT2D eigenvalue weighted by Crippen LogP contribution is 2.31. The summed E-state index contributed by atoms with van der Waals surface area (Å²) in [6, 6.07) is 4.27. The van der Waals surface area contributed by atoms with Crippen molar-refractivity contribution in [1.82, 2.24) is 9.29 Å². The van der Waals surface area contributed by atoms with Gasteiger partial charge in [0.1, 0.15) is 0 Å². The van der Waals surface area contributed by atoms with Crippen molar-refractivity contribution in [2.75, 3.05) is 24.7 Å². The molecule has 1 saturated heterocycles. The van der Waals surface area contributed by atoms with Crippen LogP contribution in [0.2, 0.25) is 0 Å². The van der Waals surface area contributed by atoms with Gasteiger partial charge in [0.25, 0.3) is 0 Å². The number of rotatable bonds is 4. The topological polar surface area (TPSA) is 79.4 Å². The lowest BCUT2D eigenvalue weighted by Gasteiger charge is -2.29. The van der Waals surface area contributed by atoms with E-state index in [-0.39, 0.29) is 11.8 Å². The molecular weight excluding hydrogens is 382 g/mol. The predicted octanol–water partition coefficient (Wildman–Crippen LogP) is 3.35. The third-order valence-corrected chi connectivity index (χ3v) is 7.02. The molecule has 3 rings (SSSR count). The van der Waals surface area contributed by atoms with Crippen molar-refractivity contribution in [2.24, 2.45) is 5.92 Å². The van der Waals surface area contributed by atoms with E-state index in [0.717, 1.165) is 11.3 Å². The Hall–Kier alpha value is -1.77. The zero-order valence-electron chi connectivity index (χ0n) is 16.1. The third-order valence-electron chi connectivity index (χ3n) is 4.96. The van der Waals surface area contributed by atoms with Crippen LogP contribution in [-0.4, -0.2) is 43.0 Å². The van der Waals surface area contributed by atoms with Crippen LogP contribution in [0.15, 0.2) is 17.5 Å². The Labute approximate surface area is 164 Å². The molecule has 0 aliphatic carbocycles. The van der Waals surface area contributed by atoms with E-state index in [2.05, 4.69) is 43.2 Å². The van der Waals surface area contributed by atoms with Crippen LogP contribution in [0.3, 0.4) is 0 Å². The summed E-state index contributed by atoms with van der Waals surface area (Å²) < 4.78 is 24.6. The van der Waals surface area contributed by atoms with Gasteiger partial charge in [-0.3, -0.25) is 4.79 Å². The van der Waals surface area contributed by atoms with Crippen molar-refractivity contribution in [2.45, 2.75) is 33.6 Å². The van der Waals surface area contributed by atoms with E-state index in [9.17, 15) is 13.2 Å². The molecule has 1 aromatic carbocycles. The molecule has 1 aliphatic heterocycles. The summed E-state index contributed by atoms with van der Waals surface area (Å²) in [5.74, 6) is -0.264. The first-order chi connectivity index (χ1) is 12.6. The maximum absolute atomic E-state index is 12.5. The first-order valence-electron chi connectivity index (χ1n) is 8.95. The number of sulfonamides is 1. The van der Waals surface area contributed by atoms with Crippen LogP contribution in [0.4, 0.5) is 5.13 Å². The van der Waals surface area contributed by atoms with Gasteiger partial charge in [-0.05, 0) is 44.7 Å². The molecule has 146 valence electrons. The Morgan fingerprint density at radius 3 is 2.33 bits per heavy atom. The smallest absolute Gasteiger partial charge is 0.229 e. The standard InChI is InChI=1S/C19H25N3O3S2/c1-12-9-13(2)17(14(3)10-12)16-11-26-19(20-16)21-18(23)15-5-7-22(8-6-15)27(4,24)25/h9-11,15H,5-8H2,1-4H3,(H,20,21,23). The van der Waals surface area contributed by atoms with Gasteiger partial charge >= 0.3 is 0 Å². The van der Waals surface area contributed by atoms with Gasteiger partial charge in [-0.2, -0.15) is 0 Å². The number of hydrogen-bond donors (Lipinski definition) is 1. The fourth-order valence-corrected chi connectivity index (χ4v) is 5.27. The largest absolute Gasteiger partial charge is 0.302 e. The van der Waals surface area contributed by atoms with E-state index >= 15 is 0 Å². The highest BCUT2D eigenvalue weighted by molar-refractivity contribution is 7.88. The van der Waals surface area contributed by atoms with Gasteiger partial charge in [0.2, 0.25) is 15.9 Å². The molecule has 27 heavy (non-hydrogen) atoms. The summed E-state index contributed by atoms with van der Waals surface area (Å²) in [5.41, 5.74) is 5.54. The second kappa shape index (κ2) is 7.69. The number of nitrogens with zero attached hydrogens (tertiary/aromatic N) is 2. The van der Waals surface area contributed by atoms with E-state index < -0.39 is 10.0 Å². The molecule has 0 unspecified atom stereocenters. The van der Waals surface area contributed by atoms with Crippen molar-refractivity contribution in [3.8, 4) is 11.3 Å². The lowest BCUT2D eigenvalue weighted by molar-refractivity contribution is -0.120. The Bertz CT molecular complexity index is 935. The van der Waals surface area contributed by atoms with Crippen LogP contribution in [-0.2, 0) is 14.8 Å². The Balaban J connectivity index is 1.67. The number of amides is 1. The summed E-state index contributed by atoms with van der Waals surface area (Å²) in [7, 11) is -3.18. The average Bonchev–Trinajstić information content (AvgIpc) is 3.01. The summed E-state index contributed by atoms with van der Waals surface area (Å²) >= 11 is 1.41. The minimum atomic E-state index is -3.18. The molecule has 0 atom stereocenters. The maximum atomic E-state index is 12.5. The lowest BCUT2D eigenvalue weighted by Crippen LogP contribution is -2.40. The van der Waals surface area contributed by atoms with Crippen LogP contribution >= 0.6 is 11.3 Å². The quantitative estimate of drug-likeness (QED) is 0.843. The Kier molecular flexibility index (Phi) is 5.69. The van der Waals surface area contributed by atoms with Gasteiger partial charge < -0.3 is 5.32 Å². The Morgan fingerprint density at radius 1 is 1.19 bits per heavy atom. The summed E-state index contributed by atoms with van der Waals surface area (Å²) in [6.07, 6.45) is 2.28. The van der Waals surface area contributed by atoms with E-state index in [1.807, 2.05) is 5.38 Å². The van der Waals surface area contributed by atoms with Gasteiger partial charge in [-0.25, -0.2) is 17.7 Å². The van der Waals surface area contributed by atoms with E-state index in [1.54, 1.807) is 0 Å². The molecule has 1 amide bonds. The monoisotopic (exact) mass is 407 g/mol. The molecule has 2 heterocycles. The number of carbonyl (C=O) groups excluding carboxylic acids is 1. The van der Waals surface area contributed by atoms with Gasteiger partial charge in [0, 0.05) is 30.0 Å². The normalized spacial score (nSPS) is 16.4. The van der Waals surface area contributed by atoms with E-state index in [0.29, 0.717) is 31.1 Å². The molecule has 0 bridgehead atoms. The zero-order chi connectivity index (χ0) is 19.8. The summed E-state index contributed by atoms with van der Waals surface area (Å²) in [4.78, 5) is 17.1. The molecule has 1 aliphatic rings. The maximum Gasteiger partial charge on any atom is 0.229 e. The number of hydrogen-bond acceptors (Lipinski definition) is 5. The molecule has 6 nitrogen and oxygen atoms in total. The lowest BCUT2D eigenvalue weighted by atomic mass is 9.97. The molecule has 1 fully saturated rings. The van der Waals surface area contributed by atoms with Crippen molar-refractivity contribution < 1.29 is 13.2 Å². The van der Waals surface area contributed by atoms with E-state index in [4.69, 9.17) is 0 Å². The molecule has 2 aromatic rings. The molecule has 1 aromatic heterocycles. The van der Waals surface area contributed by atoms with Crippen molar-refractivity contribution >= 4 is 32.4 Å². The average molecular weight is 408 g/mol.